The van der Waals surface area contributed by atoms with Gasteiger partial charge in [-0.05, 0) is 37.1 Å². The third-order valence-corrected chi connectivity index (χ3v) is 5.62. The second-order valence-electron chi connectivity index (χ2n) is 6.54. The van der Waals surface area contributed by atoms with Crippen molar-refractivity contribution in [2.45, 2.75) is 31.3 Å². The molecule has 2 N–H and O–H groups in total. The average molecular weight is 385 g/mol. The lowest BCUT2D eigenvalue weighted by molar-refractivity contribution is 0.570. The molecule has 1 aromatic carbocycles. The van der Waals surface area contributed by atoms with Crippen LogP contribution in [-0.4, -0.2) is 29.2 Å². The molecule has 7 nitrogen and oxygen atoms in total. The lowest BCUT2D eigenvalue weighted by atomic mass is 10.0. The number of sulfonamides is 1. The molecule has 0 unspecified atom stereocenters. The van der Waals surface area contributed by atoms with E-state index < -0.39 is 10.0 Å². The summed E-state index contributed by atoms with van der Waals surface area (Å²) in [5, 5.41) is 7.39. The minimum Gasteiger partial charge on any atom is -0.365 e. The Hall–Kier alpha value is -2.71. The van der Waals surface area contributed by atoms with Crippen LogP contribution in [0.25, 0.3) is 11.1 Å². The van der Waals surface area contributed by atoms with E-state index in [9.17, 15) is 8.42 Å². The van der Waals surface area contributed by atoms with E-state index in [2.05, 4.69) is 20.1 Å². The first kappa shape index (κ1) is 19.1. The Balaban J connectivity index is 1.87. The molecule has 0 saturated heterocycles. The standard InChI is InChI=1S/C19H23N5O2S/c1-14(2)23-27(25,26)18-9-6-10-20-19(18)21-11-15-7-4-5-8-17(15)16-12-22-24(3)13-16/h4-10,12-14,23H,11H2,1-3H3,(H,20,21). The van der Waals surface area contributed by atoms with Crippen LogP contribution in [-0.2, 0) is 23.6 Å². The summed E-state index contributed by atoms with van der Waals surface area (Å²) in [5.41, 5.74) is 3.07. The van der Waals surface area contributed by atoms with Crippen molar-refractivity contribution in [1.82, 2.24) is 19.5 Å². The molecule has 3 aromatic rings. The SMILES string of the molecule is CC(C)NS(=O)(=O)c1cccnc1NCc1ccccc1-c1cnn(C)c1. The van der Waals surface area contributed by atoms with Crippen molar-refractivity contribution in [3.05, 3.63) is 60.6 Å². The summed E-state index contributed by atoms with van der Waals surface area (Å²) in [7, 11) is -1.77. The lowest BCUT2D eigenvalue weighted by Gasteiger charge is -2.15. The number of aromatic nitrogens is 3. The van der Waals surface area contributed by atoms with Gasteiger partial charge in [0.1, 0.15) is 10.7 Å². The summed E-state index contributed by atoms with van der Waals surface area (Å²) in [6, 6.07) is 10.9. The summed E-state index contributed by atoms with van der Waals surface area (Å²) in [4.78, 5) is 4.36. The van der Waals surface area contributed by atoms with Gasteiger partial charge >= 0.3 is 0 Å². The van der Waals surface area contributed by atoms with Crippen LogP contribution in [0.4, 0.5) is 5.82 Å². The van der Waals surface area contributed by atoms with Crippen molar-refractivity contribution >= 4 is 15.8 Å². The van der Waals surface area contributed by atoms with Gasteiger partial charge in [-0.25, -0.2) is 18.1 Å². The first-order valence-corrected chi connectivity index (χ1v) is 10.1. The molecule has 2 heterocycles. The number of pyridine rings is 1. The summed E-state index contributed by atoms with van der Waals surface area (Å²) in [6.07, 6.45) is 5.33. The molecular weight excluding hydrogens is 362 g/mol. The predicted octanol–water partition coefficient (Wildman–Crippen LogP) is 2.78. The minimum atomic E-state index is -3.64. The minimum absolute atomic E-state index is 0.137. The fourth-order valence-electron chi connectivity index (χ4n) is 2.81. The number of aryl methyl sites for hydroxylation is 1. The summed E-state index contributed by atoms with van der Waals surface area (Å²) < 4.78 is 29.5. The van der Waals surface area contributed by atoms with Crippen molar-refractivity contribution in [1.29, 1.82) is 0 Å². The molecule has 27 heavy (non-hydrogen) atoms. The second kappa shape index (κ2) is 7.89. The summed E-state index contributed by atoms with van der Waals surface area (Å²) >= 11 is 0. The topological polar surface area (TPSA) is 88.9 Å². The molecule has 8 heteroatoms. The number of hydrogen-bond donors (Lipinski definition) is 2. The highest BCUT2D eigenvalue weighted by molar-refractivity contribution is 7.89. The molecule has 0 aliphatic heterocycles. The van der Waals surface area contributed by atoms with Crippen molar-refractivity contribution < 1.29 is 8.42 Å². The van der Waals surface area contributed by atoms with Crippen LogP contribution in [0.3, 0.4) is 0 Å². The molecule has 3 rings (SSSR count). The summed E-state index contributed by atoms with van der Waals surface area (Å²) in [5.74, 6) is 0.326. The second-order valence-corrected chi connectivity index (χ2v) is 8.22. The molecule has 2 aromatic heterocycles. The van der Waals surface area contributed by atoms with E-state index in [0.29, 0.717) is 12.4 Å². The molecule has 0 saturated carbocycles. The van der Waals surface area contributed by atoms with Gasteiger partial charge in [0.2, 0.25) is 10.0 Å². The monoisotopic (exact) mass is 385 g/mol. The molecule has 0 fully saturated rings. The van der Waals surface area contributed by atoms with E-state index in [-0.39, 0.29) is 10.9 Å². The van der Waals surface area contributed by atoms with E-state index in [4.69, 9.17) is 0 Å². The first-order valence-electron chi connectivity index (χ1n) is 8.65. The normalized spacial score (nSPS) is 11.7. The van der Waals surface area contributed by atoms with E-state index in [1.165, 1.54) is 0 Å². The van der Waals surface area contributed by atoms with Crippen LogP contribution >= 0.6 is 0 Å². The highest BCUT2D eigenvalue weighted by Gasteiger charge is 2.20. The van der Waals surface area contributed by atoms with Crippen LogP contribution in [0.15, 0.2) is 59.9 Å². The van der Waals surface area contributed by atoms with Crippen LogP contribution in [0.5, 0.6) is 0 Å². The Morgan fingerprint density at radius 1 is 1.15 bits per heavy atom. The molecule has 142 valence electrons. The molecule has 0 radical (unpaired) electrons. The van der Waals surface area contributed by atoms with Crippen molar-refractivity contribution in [2.75, 3.05) is 5.32 Å². The van der Waals surface area contributed by atoms with E-state index in [0.717, 1.165) is 16.7 Å². The Labute approximate surface area is 159 Å². The maximum absolute atomic E-state index is 12.6. The smallest absolute Gasteiger partial charge is 0.244 e. The maximum atomic E-state index is 12.6. The largest absolute Gasteiger partial charge is 0.365 e. The van der Waals surface area contributed by atoms with Crippen LogP contribution < -0.4 is 10.0 Å². The van der Waals surface area contributed by atoms with Gasteiger partial charge in [0.15, 0.2) is 0 Å². The zero-order valence-corrected chi connectivity index (χ0v) is 16.4. The zero-order chi connectivity index (χ0) is 19.4. The van der Waals surface area contributed by atoms with Crippen molar-refractivity contribution in [3.63, 3.8) is 0 Å². The van der Waals surface area contributed by atoms with Gasteiger partial charge in [-0.3, -0.25) is 4.68 Å². The van der Waals surface area contributed by atoms with Gasteiger partial charge < -0.3 is 5.32 Å². The van der Waals surface area contributed by atoms with Gasteiger partial charge in [-0.1, -0.05) is 24.3 Å². The maximum Gasteiger partial charge on any atom is 0.244 e. The van der Waals surface area contributed by atoms with Gasteiger partial charge in [0, 0.05) is 37.6 Å². The number of hydrogen-bond acceptors (Lipinski definition) is 5. The van der Waals surface area contributed by atoms with Crippen LogP contribution in [0.1, 0.15) is 19.4 Å². The highest BCUT2D eigenvalue weighted by atomic mass is 32.2. The van der Waals surface area contributed by atoms with Gasteiger partial charge in [-0.2, -0.15) is 5.10 Å². The fraction of sp³-hybridized carbons (Fsp3) is 0.263. The van der Waals surface area contributed by atoms with E-state index in [1.54, 1.807) is 36.9 Å². The van der Waals surface area contributed by atoms with Gasteiger partial charge in [0.25, 0.3) is 0 Å². The number of rotatable bonds is 7. The molecule has 0 aliphatic carbocycles. The molecule has 0 amide bonds. The Kier molecular flexibility index (Phi) is 5.57. The van der Waals surface area contributed by atoms with Gasteiger partial charge in [-0.15, -0.1) is 0 Å². The number of nitrogens with zero attached hydrogens (tertiary/aromatic N) is 3. The van der Waals surface area contributed by atoms with Crippen molar-refractivity contribution in [2.24, 2.45) is 7.05 Å². The fourth-order valence-corrected chi connectivity index (χ4v) is 4.19. The third kappa shape index (κ3) is 4.53. The van der Waals surface area contributed by atoms with E-state index in [1.807, 2.05) is 43.7 Å². The van der Waals surface area contributed by atoms with E-state index >= 15 is 0 Å². The van der Waals surface area contributed by atoms with Crippen LogP contribution in [0.2, 0.25) is 0 Å². The first-order chi connectivity index (χ1) is 12.9. The molecule has 0 aliphatic rings. The Morgan fingerprint density at radius 3 is 2.63 bits per heavy atom. The number of anilines is 1. The van der Waals surface area contributed by atoms with Crippen molar-refractivity contribution in [3.8, 4) is 11.1 Å². The zero-order valence-electron chi connectivity index (χ0n) is 15.5. The quantitative estimate of drug-likeness (QED) is 0.653. The van der Waals surface area contributed by atoms with Crippen LogP contribution in [0, 0.1) is 0 Å². The third-order valence-electron chi connectivity index (χ3n) is 3.93. The summed E-state index contributed by atoms with van der Waals surface area (Å²) in [6.45, 7) is 4.00. The molecule has 0 bridgehead atoms. The van der Waals surface area contributed by atoms with Gasteiger partial charge in [0.05, 0.1) is 6.20 Å². The molecule has 0 atom stereocenters. The molecular formula is C19H23N5O2S. The number of benzene rings is 1. The highest BCUT2D eigenvalue weighted by Crippen LogP contribution is 2.25. The molecule has 0 spiro atoms. The predicted molar refractivity (Wildman–Crippen MR) is 106 cm³/mol. The number of nitrogens with one attached hydrogen (secondary N) is 2. The Morgan fingerprint density at radius 2 is 1.93 bits per heavy atom. The average Bonchev–Trinajstić information content (AvgIpc) is 3.05. The lowest BCUT2D eigenvalue weighted by Crippen LogP contribution is -2.31. The Bertz CT molecular complexity index is 1030.